The van der Waals surface area contributed by atoms with Crippen LogP contribution in [0.2, 0.25) is 0 Å². The van der Waals surface area contributed by atoms with Gasteiger partial charge in [-0.3, -0.25) is 4.79 Å². The minimum absolute atomic E-state index is 0.202. The Balaban J connectivity index is 2.55. The van der Waals surface area contributed by atoms with Crippen LogP contribution in [0, 0.1) is 12.7 Å². The van der Waals surface area contributed by atoms with E-state index in [2.05, 4.69) is 21.2 Å². The molecule has 1 rings (SSSR count). The molecule has 4 heteroatoms. The Morgan fingerprint density at radius 2 is 2.19 bits per heavy atom. The summed E-state index contributed by atoms with van der Waals surface area (Å²) in [5.74, 6) is -0.581. The van der Waals surface area contributed by atoms with E-state index in [1.54, 1.807) is 13.0 Å². The number of halogens is 2. The van der Waals surface area contributed by atoms with Gasteiger partial charge in [0, 0.05) is 17.4 Å². The molecule has 0 saturated heterocycles. The van der Waals surface area contributed by atoms with Crippen LogP contribution in [0.3, 0.4) is 0 Å². The first kappa shape index (κ1) is 13.2. The Kier molecular flexibility index (Phi) is 5.46. The van der Waals surface area contributed by atoms with Crippen LogP contribution in [0.25, 0.3) is 0 Å². The predicted octanol–water partition coefficient (Wildman–Crippen LogP) is 3.04. The van der Waals surface area contributed by atoms with Gasteiger partial charge in [-0.1, -0.05) is 22.0 Å². The van der Waals surface area contributed by atoms with E-state index in [0.717, 1.165) is 23.7 Å². The van der Waals surface area contributed by atoms with Crippen molar-refractivity contribution >= 4 is 21.8 Å². The van der Waals surface area contributed by atoms with Crippen LogP contribution in [-0.4, -0.2) is 17.8 Å². The molecule has 0 fully saturated rings. The minimum atomic E-state index is -0.379. The first-order chi connectivity index (χ1) is 7.65. The van der Waals surface area contributed by atoms with Crippen LogP contribution >= 0.6 is 15.9 Å². The summed E-state index contributed by atoms with van der Waals surface area (Å²) in [7, 11) is 0. The Labute approximate surface area is 103 Å². The molecular weight excluding hydrogens is 273 g/mol. The van der Waals surface area contributed by atoms with Crippen LogP contribution in [-0.2, 0) is 0 Å². The molecule has 0 saturated carbocycles. The quantitative estimate of drug-likeness (QED) is 0.655. The number of hydrogen-bond donors (Lipinski definition) is 1. The fourth-order valence-electron chi connectivity index (χ4n) is 1.36. The van der Waals surface area contributed by atoms with Gasteiger partial charge in [0.1, 0.15) is 5.82 Å². The van der Waals surface area contributed by atoms with Crippen LogP contribution in [0.5, 0.6) is 0 Å². The molecule has 16 heavy (non-hydrogen) atoms. The molecule has 1 aromatic carbocycles. The third kappa shape index (κ3) is 3.93. The van der Waals surface area contributed by atoms with Crippen molar-refractivity contribution in [3.05, 3.63) is 35.1 Å². The Morgan fingerprint density at radius 1 is 1.44 bits per heavy atom. The van der Waals surface area contributed by atoms with E-state index >= 15 is 0 Å². The number of unbranched alkanes of at least 4 members (excludes halogenated alkanes) is 1. The number of rotatable bonds is 5. The van der Waals surface area contributed by atoms with E-state index in [-0.39, 0.29) is 11.7 Å². The highest BCUT2D eigenvalue weighted by atomic mass is 79.9. The maximum atomic E-state index is 13.0. The van der Waals surface area contributed by atoms with Crippen molar-refractivity contribution in [1.82, 2.24) is 5.32 Å². The van der Waals surface area contributed by atoms with Crippen LogP contribution in [0.1, 0.15) is 28.8 Å². The van der Waals surface area contributed by atoms with Gasteiger partial charge >= 0.3 is 0 Å². The van der Waals surface area contributed by atoms with Crippen molar-refractivity contribution in [2.75, 3.05) is 11.9 Å². The van der Waals surface area contributed by atoms with Crippen LogP contribution in [0.15, 0.2) is 18.2 Å². The summed E-state index contributed by atoms with van der Waals surface area (Å²) in [6.07, 6.45) is 1.94. The number of carbonyl (C=O) groups excluding carboxylic acids is 1. The lowest BCUT2D eigenvalue weighted by atomic mass is 10.1. The Hall–Kier alpha value is -0.900. The smallest absolute Gasteiger partial charge is 0.251 e. The van der Waals surface area contributed by atoms with Crippen LogP contribution in [0.4, 0.5) is 4.39 Å². The lowest BCUT2D eigenvalue weighted by Crippen LogP contribution is -2.25. The maximum Gasteiger partial charge on any atom is 0.251 e. The molecule has 0 unspecified atom stereocenters. The van der Waals surface area contributed by atoms with Gasteiger partial charge in [0.05, 0.1) is 0 Å². The number of carbonyl (C=O) groups is 1. The van der Waals surface area contributed by atoms with Crippen molar-refractivity contribution in [3.63, 3.8) is 0 Å². The van der Waals surface area contributed by atoms with Gasteiger partial charge in [-0.25, -0.2) is 4.39 Å². The monoisotopic (exact) mass is 287 g/mol. The van der Waals surface area contributed by atoms with E-state index in [1.807, 2.05) is 0 Å². The topological polar surface area (TPSA) is 29.1 Å². The van der Waals surface area contributed by atoms with Gasteiger partial charge in [-0.05, 0) is 37.5 Å². The number of alkyl halides is 1. The fraction of sp³-hybridized carbons (Fsp3) is 0.417. The molecule has 0 aliphatic carbocycles. The number of hydrogen-bond acceptors (Lipinski definition) is 1. The van der Waals surface area contributed by atoms with Gasteiger partial charge < -0.3 is 5.32 Å². The minimum Gasteiger partial charge on any atom is -0.352 e. The molecule has 0 bridgehead atoms. The molecule has 0 spiro atoms. The predicted molar refractivity (Wildman–Crippen MR) is 66.5 cm³/mol. The van der Waals surface area contributed by atoms with E-state index < -0.39 is 0 Å². The molecule has 2 nitrogen and oxygen atoms in total. The fourth-order valence-corrected chi connectivity index (χ4v) is 1.75. The average molecular weight is 288 g/mol. The summed E-state index contributed by atoms with van der Waals surface area (Å²) in [4.78, 5) is 11.7. The van der Waals surface area contributed by atoms with E-state index in [9.17, 15) is 9.18 Å². The molecule has 0 aromatic heterocycles. The molecule has 0 heterocycles. The molecule has 1 amide bonds. The second kappa shape index (κ2) is 6.63. The molecule has 0 radical (unpaired) electrons. The molecule has 88 valence electrons. The first-order valence-corrected chi connectivity index (χ1v) is 6.37. The lowest BCUT2D eigenvalue weighted by molar-refractivity contribution is 0.0952. The average Bonchev–Trinajstić information content (AvgIpc) is 2.27. The number of nitrogens with one attached hydrogen (secondary N) is 1. The summed E-state index contributed by atoms with van der Waals surface area (Å²) in [6.45, 7) is 2.42. The number of amides is 1. The molecule has 1 N–H and O–H groups in total. The number of aryl methyl sites for hydroxylation is 1. The molecular formula is C12H15BrFNO. The van der Waals surface area contributed by atoms with Gasteiger partial charge in [-0.2, -0.15) is 0 Å². The van der Waals surface area contributed by atoms with E-state index in [0.29, 0.717) is 12.1 Å². The van der Waals surface area contributed by atoms with Gasteiger partial charge in [0.2, 0.25) is 0 Å². The molecule has 0 aliphatic rings. The molecule has 0 aliphatic heterocycles. The Bertz CT molecular complexity index is 368. The highest BCUT2D eigenvalue weighted by Gasteiger charge is 2.08. The second-order valence-electron chi connectivity index (χ2n) is 3.61. The normalized spacial score (nSPS) is 10.2. The first-order valence-electron chi connectivity index (χ1n) is 5.25. The summed E-state index contributed by atoms with van der Waals surface area (Å²) in [5, 5.41) is 3.71. The molecule has 0 atom stereocenters. The molecule has 1 aromatic rings. The zero-order valence-corrected chi connectivity index (χ0v) is 10.8. The van der Waals surface area contributed by atoms with Crippen molar-refractivity contribution in [2.45, 2.75) is 19.8 Å². The summed E-state index contributed by atoms with van der Waals surface area (Å²) in [5.41, 5.74) is 1.21. The van der Waals surface area contributed by atoms with Gasteiger partial charge in [-0.15, -0.1) is 0 Å². The Morgan fingerprint density at radius 3 is 2.88 bits per heavy atom. The van der Waals surface area contributed by atoms with Crippen LogP contribution < -0.4 is 5.32 Å². The standard InChI is InChI=1S/C12H15BrFNO/c1-9-4-5-10(14)8-11(9)12(16)15-7-3-2-6-13/h4-5,8H,2-3,6-7H2,1H3,(H,15,16). The summed E-state index contributed by atoms with van der Waals surface area (Å²) < 4.78 is 13.0. The maximum absolute atomic E-state index is 13.0. The van der Waals surface area contributed by atoms with Crippen molar-refractivity contribution in [2.24, 2.45) is 0 Å². The van der Waals surface area contributed by atoms with Crippen molar-refractivity contribution < 1.29 is 9.18 Å². The second-order valence-corrected chi connectivity index (χ2v) is 4.40. The highest BCUT2D eigenvalue weighted by molar-refractivity contribution is 9.09. The van der Waals surface area contributed by atoms with E-state index in [1.165, 1.54) is 12.1 Å². The van der Waals surface area contributed by atoms with Gasteiger partial charge in [0.15, 0.2) is 0 Å². The van der Waals surface area contributed by atoms with E-state index in [4.69, 9.17) is 0 Å². The summed E-state index contributed by atoms with van der Waals surface area (Å²) >= 11 is 3.32. The van der Waals surface area contributed by atoms with Gasteiger partial charge in [0.25, 0.3) is 5.91 Å². The number of benzene rings is 1. The zero-order valence-electron chi connectivity index (χ0n) is 9.22. The largest absolute Gasteiger partial charge is 0.352 e. The summed E-state index contributed by atoms with van der Waals surface area (Å²) in [6, 6.07) is 4.24. The third-order valence-electron chi connectivity index (χ3n) is 2.29. The van der Waals surface area contributed by atoms with Crippen molar-refractivity contribution in [3.8, 4) is 0 Å². The lowest BCUT2D eigenvalue weighted by Gasteiger charge is -2.07. The van der Waals surface area contributed by atoms with Crippen molar-refractivity contribution in [1.29, 1.82) is 0 Å². The highest BCUT2D eigenvalue weighted by Crippen LogP contribution is 2.09. The third-order valence-corrected chi connectivity index (χ3v) is 2.85. The SMILES string of the molecule is Cc1ccc(F)cc1C(=O)NCCCCBr. The zero-order chi connectivity index (χ0) is 12.0.